The number of ether oxygens (including phenoxy) is 1. The second-order valence-corrected chi connectivity index (χ2v) is 8.06. The number of ketones is 1. The summed E-state index contributed by atoms with van der Waals surface area (Å²) in [5, 5.41) is 13.4. The van der Waals surface area contributed by atoms with Crippen LogP contribution in [0.25, 0.3) is 5.70 Å². The number of azo groups is 1. The molecule has 1 saturated heterocycles. The molecule has 2 amide bonds. The van der Waals surface area contributed by atoms with Crippen LogP contribution in [0, 0.1) is 0 Å². The van der Waals surface area contributed by atoms with Gasteiger partial charge in [-0.05, 0) is 42.9 Å². The number of likely N-dealkylation sites (N-methyl/N-ethyl adjacent to an activating group) is 1. The molecule has 2 aliphatic heterocycles. The number of fused-ring (bicyclic) bond motifs is 3. The minimum absolute atomic E-state index is 0.156. The molecule has 2 aromatic carbocycles. The fraction of sp³-hybridized carbons (Fsp3) is 0.304. The highest BCUT2D eigenvalue weighted by Crippen LogP contribution is 2.48. The number of hydrogen-bond acceptors (Lipinski definition) is 7. The first-order valence-corrected chi connectivity index (χ1v) is 10.5. The molecule has 164 valence electrons. The third-order valence-corrected chi connectivity index (χ3v) is 6.04. The number of anilines is 1. The molecule has 0 saturated carbocycles. The van der Waals surface area contributed by atoms with E-state index in [2.05, 4.69) is 32.9 Å². The summed E-state index contributed by atoms with van der Waals surface area (Å²) in [6.07, 6.45) is 0. The number of methoxy groups -OCH3 is 1. The van der Waals surface area contributed by atoms with E-state index < -0.39 is 6.04 Å². The molecule has 3 aliphatic rings. The maximum atomic E-state index is 13.4. The molecule has 1 fully saturated rings. The Kier molecular flexibility index (Phi) is 5.20. The van der Waals surface area contributed by atoms with E-state index in [0.29, 0.717) is 22.5 Å². The van der Waals surface area contributed by atoms with Gasteiger partial charge >= 0.3 is 6.03 Å². The maximum Gasteiger partial charge on any atom is 0.333 e. The Morgan fingerprint density at radius 1 is 1.09 bits per heavy atom. The van der Waals surface area contributed by atoms with Crippen LogP contribution < -0.4 is 15.5 Å². The Hall–Kier alpha value is -3.56. The molecule has 2 N–H and O–H groups in total. The van der Waals surface area contributed by atoms with Gasteiger partial charge in [0.05, 0.1) is 23.9 Å². The number of hydrazine groups is 1. The molecule has 0 spiro atoms. The quantitative estimate of drug-likeness (QED) is 0.774. The normalized spacial score (nSPS) is 20.3. The second-order valence-electron chi connectivity index (χ2n) is 8.06. The summed E-state index contributed by atoms with van der Waals surface area (Å²) in [6, 6.07) is 12.0. The van der Waals surface area contributed by atoms with Crippen molar-refractivity contribution in [1.82, 2.24) is 15.3 Å². The highest BCUT2D eigenvalue weighted by atomic mass is 16.5. The molecule has 1 aliphatic carbocycles. The first-order chi connectivity index (χ1) is 15.5. The van der Waals surface area contributed by atoms with E-state index in [1.165, 1.54) is 0 Å². The number of Topliss-reactive ketones (excluding diaryl/α,β-unsaturated/α-hetero) is 1. The maximum absolute atomic E-state index is 13.4. The number of carbonyl (C=O) groups is 2. The van der Waals surface area contributed by atoms with Crippen molar-refractivity contribution in [3.8, 4) is 5.75 Å². The van der Waals surface area contributed by atoms with E-state index in [9.17, 15) is 9.59 Å². The van der Waals surface area contributed by atoms with Crippen molar-refractivity contribution in [1.29, 1.82) is 0 Å². The smallest absolute Gasteiger partial charge is 0.333 e. The van der Waals surface area contributed by atoms with E-state index in [-0.39, 0.29) is 11.8 Å². The van der Waals surface area contributed by atoms with E-state index in [0.717, 1.165) is 43.1 Å². The number of amides is 2. The van der Waals surface area contributed by atoms with Gasteiger partial charge in [0.2, 0.25) is 0 Å². The van der Waals surface area contributed by atoms with E-state index in [1.807, 2.05) is 41.4 Å². The topological polar surface area (TPSA) is 98.6 Å². The van der Waals surface area contributed by atoms with Crippen LogP contribution in [0.3, 0.4) is 0 Å². The molecule has 2 aromatic rings. The number of nitrogens with zero attached hydrogens (tertiary/aromatic N) is 4. The molecule has 0 bridgehead atoms. The average Bonchev–Trinajstić information content (AvgIpc) is 3.36. The number of hydrogen-bond donors (Lipinski definition) is 2. The van der Waals surface area contributed by atoms with Crippen molar-refractivity contribution in [3.63, 3.8) is 0 Å². The predicted octanol–water partition coefficient (Wildman–Crippen LogP) is 3.09. The minimum atomic E-state index is -0.447. The molecular formula is C23H24N6O3. The van der Waals surface area contributed by atoms with Gasteiger partial charge in [-0.2, -0.15) is 10.2 Å². The van der Waals surface area contributed by atoms with Crippen molar-refractivity contribution in [3.05, 3.63) is 64.7 Å². The van der Waals surface area contributed by atoms with Crippen molar-refractivity contribution in [2.24, 2.45) is 10.2 Å². The molecule has 1 unspecified atom stereocenters. The van der Waals surface area contributed by atoms with Gasteiger partial charge in [0, 0.05) is 31.7 Å². The van der Waals surface area contributed by atoms with Crippen molar-refractivity contribution < 1.29 is 14.3 Å². The lowest BCUT2D eigenvalue weighted by molar-refractivity contribution is 0.103. The summed E-state index contributed by atoms with van der Waals surface area (Å²) < 4.78 is 5.21. The van der Waals surface area contributed by atoms with Crippen LogP contribution in [0.5, 0.6) is 5.75 Å². The largest absolute Gasteiger partial charge is 0.497 e. The molecule has 1 atom stereocenters. The van der Waals surface area contributed by atoms with Gasteiger partial charge in [-0.15, -0.1) is 0 Å². The molecule has 2 heterocycles. The molecule has 9 nitrogen and oxygen atoms in total. The molecule has 9 heteroatoms. The molecular weight excluding hydrogens is 408 g/mol. The van der Waals surface area contributed by atoms with Crippen molar-refractivity contribution in [2.45, 2.75) is 6.04 Å². The lowest BCUT2D eigenvalue weighted by Gasteiger charge is -2.32. The fourth-order valence-corrected chi connectivity index (χ4v) is 4.27. The summed E-state index contributed by atoms with van der Waals surface area (Å²) in [6.45, 7) is 3.26. The first kappa shape index (κ1) is 20.3. The average molecular weight is 432 g/mol. The van der Waals surface area contributed by atoms with Crippen molar-refractivity contribution >= 4 is 23.2 Å². The minimum Gasteiger partial charge on any atom is -0.497 e. The Balaban J connectivity index is 1.39. The zero-order valence-electron chi connectivity index (χ0n) is 18.0. The lowest BCUT2D eigenvalue weighted by Crippen LogP contribution is -2.53. The Morgan fingerprint density at radius 2 is 1.84 bits per heavy atom. The standard InChI is InChI=1S/C23H24N6O3/c1-28-10-12-29(13-11-28)27-23(31)24-17-5-3-4-16-18(17)22(30)19-20(25-26-21(16)19)14-6-8-15(32-2)9-7-14/h3-9,21H,10-13H2,1-2H3,(H2,24,27,31). The molecule has 5 rings (SSSR count). The first-order valence-electron chi connectivity index (χ1n) is 10.5. The Morgan fingerprint density at radius 3 is 2.56 bits per heavy atom. The zero-order chi connectivity index (χ0) is 22.2. The summed E-state index contributed by atoms with van der Waals surface area (Å²) in [5.41, 5.74) is 6.49. The third kappa shape index (κ3) is 3.55. The van der Waals surface area contributed by atoms with Gasteiger partial charge in [0.15, 0.2) is 5.78 Å². The number of carbonyl (C=O) groups excluding carboxylic acids is 2. The van der Waals surface area contributed by atoms with Crippen LogP contribution in [0.2, 0.25) is 0 Å². The number of rotatable bonds is 4. The SMILES string of the molecule is COc1ccc(C2=C3C(=O)c4c(NC(=O)NN5CCN(C)CC5)cccc4C3N=N2)cc1. The van der Waals surface area contributed by atoms with Crippen LogP contribution in [0.4, 0.5) is 10.5 Å². The number of urea groups is 1. The van der Waals surface area contributed by atoms with Crippen LogP contribution in [0.15, 0.2) is 58.3 Å². The van der Waals surface area contributed by atoms with E-state index >= 15 is 0 Å². The van der Waals surface area contributed by atoms with Crippen LogP contribution in [-0.2, 0) is 0 Å². The van der Waals surface area contributed by atoms with Gasteiger partial charge in [0.1, 0.15) is 17.5 Å². The van der Waals surface area contributed by atoms with Gasteiger partial charge in [-0.3, -0.25) is 10.2 Å². The zero-order valence-corrected chi connectivity index (χ0v) is 18.0. The molecule has 32 heavy (non-hydrogen) atoms. The van der Waals surface area contributed by atoms with E-state index in [1.54, 1.807) is 13.2 Å². The van der Waals surface area contributed by atoms with Gasteiger partial charge in [-0.1, -0.05) is 12.1 Å². The summed E-state index contributed by atoms with van der Waals surface area (Å²) in [5.74, 6) is 0.570. The van der Waals surface area contributed by atoms with Gasteiger partial charge in [0.25, 0.3) is 0 Å². The molecule has 0 aromatic heterocycles. The lowest BCUT2D eigenvalue weighted by atomic mass is 10.0. The van der Waals surface area contributed by atoms with Gasteiger partial charge in [-0.25, -0.2) is 9.80 Å². The highest BCUT2D eigenvalue weighted by molar-refractivity contribution is 6.22. The number of piperazine rings is 1. The predicted molar refractivity (Wildman–Crippen MR) is 120 cm³/mol. The number of benzene rings is 2. The van der Waals surface area contributed by atoms with Gasteiger partial charge < -0.3 is 15.0 Å². The van der Waals surface area contributed by atoms with Crippen molar-refractivity contribution in [2.75, 3.05) is 45.7 Å². The summed E-state index contributed by atoms with van der Waals surface area (Å²) >= 11 is 0. The van der Waals surface area contributed by atoms with Crippen LogP contribution in [0.1, 0.15) is 27.5 Å². The Bertz CT molecular complexity index is 1130. The third-order valence-electron chi connectivity index (χ3n) is 6.04. The molecule has 0 radical (unpaired) electrons. The monoisotopic (exact) mass is 432 g/mol. The number of nitrogens with one attached hydrogen (secondary N) is 2. The summed E-state index contributed by atoms with van der Waals surface area (Å²) in [7, 11) is 3.66. The Labute approximate surface area is 185 Å². The van der Waals surface area contributed by atoms with Crippen LogP contribution in [-0.4, -0.2) is 62.1 Å². The fourth-order valence-electron chi connectivity index (χ4n) is 4.27. The summed E-state index contributed by atoms with van der Waals surface area (Å²) in [4.78, 5) is 28.2. The highest BCUT2D eigenvalue weighted by Gasteiger charge is 2.42. The van der Waals surface area contributed by atoms with E-state index in [4.69, 9.17) is 4.74 Å². The second kappa shape index (κ2) is 8.18. The van der Waals surface area contributed by atoms with Crippen LogP contribution >= 0.6 is 0 Å².